The molecule has 0 fully saturated rings. The molecule has 1 aromatic carbocycles. The highest BCUT2D eigenvalue weighted by Crippen LogP contribution is 2.29. The van der Waals surface area contributed by atoms with E-state index in [0.29, 0.717) is 5.69 Å². The molecular weight excluding hydrogens is 304 g/mol. The third-order valence-corrected chi connectivity index (χ3v) is 3.55. The SMILES string of the molecule is Br.COc1ccc2sc3nc(CO)cn3c2c1. The maximum absolute atomic E-state index is 9.03. The summed E-state index contributed by atoms with van der Waals surface area (Å²) in [5, 5.41) is 9.03. The van der Waals surface area contributed by atoms with E-state index in [0.717, 1.165) is 20.9 Å². The van der Waals surface area contributed by atoms with Gasteiger partial charge in [-0.25, -0.2) is 4.98 Å². The summed E-state index contributed by atoms with van der Waals surface area (Å²) in [6.07, 6.45) is 1.85. The lowest BCUT2D eigenvalue weighted by Crippen LogP contribution is -1.83. The number of imidazole rings is 1. The predicted molar refractivity (Wildman–Crippen MR) is 73.4 cm³/mol. The number of hydrogen-bond donors (Lipinski definition) is 1. The number of aliphatic hydroxyl groups is 1. The summed E-state index contributed by atoms with van der Waals surface area (Å²) < 4.78 is 8.34. The average molecular weight is 315 g/mol. The molecule has 1 N–H and O–H groups in total. The van der Waals surface area contributed by atoms with Gasteiger partial charge < -0.3 is 9.84 Å². The summed E-state index contributed by atoms with van der Waals surface area (Å²) in [5.74, 6) is 0.825. The van der Waals surface area contributed by atoms with Crippen molar-refractivity contribution in [2.45, 2.75) is 6.61 Å². The second-order valence-corrected chi connectivity index (χ2v) is 4.49. The van der Waals surface area contributed by atoms with Crippen LogP contribution < -0.4 is 4.74 Å². The summed E-state index contributed by atoms with van der Waals surface area (Å²) in [4.78, 5) is 5.21. The van der Waals surface area contributed by atoms with Gasteiger partial charge in [0.25, 0.3) is 0 Å². The van der Waals surface area contributed by atoms with E-state index in [1.54, 1.807) is 18.4 Å². The Bertz CT molecular complexity index is 662. The molecule has 2 aromatic heterocycles. The van der Waals surface area contributed by atoms with Crippen LogP contribution in [0.25, 0.3) is 15.2 Å². The summed E-state index contributed by atoms with van der Waals surface area (Å²) in [5.41, 5.74) is 1.75. The highest BCUT2D eigenvalue weighted by Gasteiger charge is 2.08. The van der Waals surface area contributed by atoms with Crippen LogP contribution in [0.2, 0.25) is 0 Å². The fraction of sp³-hybridized carbons (Fsp3) is 0.182. The Hall–Kier alpha value is -1.11. The number of aromatic nitrogens is 2. The molecule has 0 atom stereocenters. The molecule has 0 amide bonds. The molecule has 0 aliphatic rings. The monoisotopic (exact) mass is 314 g/mol. The minimum Gasteiger partial charge on any atom is -0.497 e. The van der Waals surface area contributed by atoms with Crippen molar-refractivity contribution in [3.05, 3.63) is 30.1 Å². The van der Waals surface area contributed by atoms with E-state index >= 15 is 0 Å². The van der Waals surface area contributed by atoms with Crippen LogP contribution in [0.3, 0.4) is 0 Å². The van der Waals surface area contributed by atoms with E-state index in [1.165, 1.54) is 0 Å². The normalized spacial score (nSPS) is 10.7. The van der Waals surface area contributed by atoms with Crippen molar-refractivity contribution >= 4 is 43.5 Å². The lowest BCUT2D eigenvalue weighted by Gasteiger charge is -1.98. The number of fused-ring (bicyclic) bond motifs is 3. The zero-order valence-electron chi connectivity index (χ0n) is 9.08. The van der Waals surface area contributed by atoms with E-state index in [2.05, 4.69) is 4.98 Å². The number of benzene rings is 1. The lowest BCUT2D eigenvalue weighted by molar-refractivity contribution is 0.277. The number of methoxy groups -OCH3 is 1. The first-order valence-electron chi connectivity index (χ1n) is 4.87. The van der Waals surface area contributed by atoms with Crippen molar-refractivity contribution in [1.82, 2.24) is 9.38 Å². The molecular formula is C11H11BrN2O2S. The molecule has 0 aliphatic heterocycles. The standard InChI is InChI=1S/C11H10N2O2S.BrH/c1-15-8-2-3-10-9(4-8)13-5-7(6-14)12-11(13)16-10;/h2-5,14H,6H2,1H3;1H. The van der Waals surface area contributed by atoms with Gasteiger partial charge >= 0.3 is 0 Å². The van der Waals surface area contributed by atoms with Crippen LogP contribution in [0.15, 0.2) is 24.4 Å². The molecule has 0 bridgehead atoms. The number of hydrogen-bond acceptors (Lipinski definition) is 4. The van der Waals surface area contributed by atoms with Gasteiger partial charge in [-0.15, -0.1) is 17.0 Å². The minimum absolute atomic E-state index is 0. The second-order valence-electron chi connectivity index (χ2n) is 3.48. The summed E-state index contributed by atoms with van der Waals surface area (Å²) in [7, 11) is 1.65. The Labute approximate surface area is 112 Å². The molecule has 2 heterocycles. The van der Waals surface area contributed by atoms with Gasteiger partial charge in [0.05, 0.1) is 29.6 Å². The van der Waals surface area contributed by atoms with Crippen molar-refractivity contribution in [3.63, 3.8) is 0 Å². The Balaban J connectivity index is 0.00000108. The number of nitrogens with zero attached hydrogens (tertiary/aromatic N) is 2. The molecule has 0 saturated heterocycles. The van der Waals surface area contributed by atoms with Gasteiger partial charge in [0, 0.05) is 12.3 Å². The third kappa shape index (κ3) is 1.92. The fourth-order valence-corrected chi connectivity index (χ4v) is 2.73. The number of aliphatic hydroxyl groups excluding tert-OH is 1. The first-order valence-corrected chi connectivity index (χ1v) is 5.69. The summed E-state index contributed by atoms with van der Waals surface area (Å²) >= 11 is 1.60. The summed E-state index contributed by atoms with van der Waals surface area (Å²) in [6, 6.07) is 5.93. The molecule has 0 saturated carbocycles. The van der Waals surface area contributed by atoms with Crippen molar-refractivity contribution in [2.24, 2.45) is 0 Å². The molecule has 0 unspecified atom stereocenters. The van der Waals surface area contributed by atoms with Crippen LogP contribution in [0.1, 0.15) is 5.69 Å². The molecule has 17 heavy (non-hydrogen) atoms. The number of ether oxygens (including phenoxy) is 1. The number of rotatable bonds is 2. The van der Waals surface area contributed by atoms with Crippen molar-refractivity contribution in [1.29, 1.82) is 0 Å². The number of thiazole rings is 1. The lowest BCUT2D eigenvalue weighted by atomic mass is 10.3. The number of halogens is 1. The van der Waals surface area contributed by atoms with Gasteiger partial charge in [-0.3, -0.25) is 4.40 Å². The molecule has 3 aromatic rings. The topological polar surface area (TPSA) is 46.8 Å². The van der Waals surface area contributed by atoms with Crippen LogP contribution >= 0.6 is 28.3 Å². The van der Waals surface area contributed by atoms with E-state index in [9.17, 15) is 0 Å². The minimum atomic E-state index is -0.0279. The molecule has 3 rings (SSSR count). The molecule has 6 heteroatoms. The molecule has 0 aliphatic carbocycles. The van der Waals surface area contributed by atoms with Gasteiger partial charge in [0.1, 0.15) is 5.75 Å². The Morgan fingerprint density at radius 2 is 2.29 bits per heavy atom. The first kappa shape index (κ1) is 12.3. The average Bonchev–Trinajstić information content (AvgIpc) is 2.85. The van der Waals surface area contributed by atoms with Gasteiger partial charge in [0.2, 0.25) is 0 Å². The maximum atomic E-state index is 9.03. The third-order valence-electron chi connectivity index (χ3n) is 2.51. The van der Waals surface area contributed by atoms with Crippen LogP contribution in [0, 0.1) is 0 Å². The Morgan fingerprint density at radius 3 is 3.00 bits per heavy atom. The van der Waals surface area contributed by atoms with Crippen LogP contribution in [-0.2, 0) is 6.61 Å². The van der Waals surface area contributed by atoms with Crippen molar-refractivity contribution in [2.75, 3.05) is 7.11 Å². The van der Waals surface area contributed by atoms with Crippen molar-refractivity contribution in [3.8, 4) is 5.75 Å². The summed E-state index contributed by atoms with van der Waals surface area (Å²) in [6.45, 7) is -0.0279. The predicted octanol–water partition coefficient (Wildman–Crippen LogP) is 2.63. The Kier molecular flexibility index (Phi) is 3.37. The van der Waals surface area contributed by atoms with E-state index < -0.39 is 0 Å². The van der Waals surface area contributed by atoms with Crippen LogP contribution in [0.5, 0.6) is 5.75 Å². The van der Waals surface area contributed by atoms with Crippen LogP contribution in [0.4, 0.5) is 0 Å². The first-order chi connectivity index (χ1) is 7.81. The highest BCUT2D eigenvalue weighted by atomic mass is 79.9. The zero-order valence-corrected chi connectivity index (χ0v) is 11.6. The Morgan fingerprint density at radius 1 is 1.47 bits per heavy atom. The van der Waals surface area contributed by atoms with Gasteiger partial charge in [-0.1, -0.05) is 11.3 Å². The van der Waals surface area contributed by atoms with Crippen LogP contribution in [-0.4, -0.2) is 21.6 Å². The second kappa shape index (κ2) is 4.64. The molecule has 0 spiro atoms. The molecule has 90 valence electrons. The smallest absolute Gasteiger partial charge is 0.195 e. The van der Waals surface area contributed by atoms with Gasteiger partial charge in [-0.05, 0) is 12.1 Å². The fourth-order valence-electron chi connectivity index (χ4n) is 1.73. The molecule has 4 nitrogen and oxygen atoms in total. The van der Waals surface area contributed by atoms with Gasteiger partial charge in [-0.2, -0.15) is 0 Å². The van der Waals surface area contributed by atoms with Crippen molar-refractivity contribution < 1.29 is 9.84 Å². The largest absolute Gasteiger partial charge is 0.497 e. The maximum Gasteiger partial charge on any atom is 0.195 e. The van der Waals surface area contributed by atoms with E-state index in [4.69, 9.17) is 9.84 Å². The highest BCUT2D eigenvalue weighted by molar-refractivity contribution is 8.93. The van der Waals surface area contributed by atoms with E-state index in [-0.39, 0.29) is 23.6 Å². The van der Waals surface area contributed by atoms with Gasteiger partial charge in [0.15, 0.2) is 4.96 Å². The molecule has 0 radical (unpaired) electrons. The van der Waals surface area contributed by atoms with E-state index in [1.807, 2.05) is 28.8 Å². The zero-order chi connectivity index (χ0) is 11.1. The quantitative estimate of drug-likeness (QED) is 0.791.